The fraction of sp³-hybridized carbons (Fsp3) is 0.200. The molecule has 84 valence electrons. The first-order valence-electron chi connectivity index (χ1n) is 4.60. The van der Waals surface area contributed by atoms with Gasteiger partial charge in [-0.15, -0.1) is 0 Å². The first-order chi connectivity index (χ1) is 7.70. The fourth-order valence-electron chi connectivity index (χ4n) is 1.20. The quantitative estimate of drug-likeness (QED) is 0.851. The molecule has 6 heteroatoms. The molecular formula is C10H10ClN3OS. The molecule has 0 amide bonds. The lowest BCUT2D eigenvalue weighted by molar-refractivity contribution is 0.469. The highest BCUT2D eigenvalue weighted by Gasteiger charge is 2.07. The molecule has 0 atom stereocenters. The van der Waals surface area contributed by atoms with Gasteiger partial charge in [0.05, 0.1) is 0 Å². The normalized spacial score (nSPS) is 10.4. The Balaban J connectivity index is 2.23. The van der Waals surface area contributed by atoms with E-state index in [1.807, 2.05) is 31.4 Å². The van der Waals surface area contributed by atoms with Crippen molar-refractivity contribution in [2.45, 2.75) is 12.1 Å². The molecule has 1 aromatic heterocycles. The molecule has 16 heavy (non-hydrogen) atoms. The van der Waals surface area contributed by atoms with Crippen LogP contribution in [0.4, 0.5) is 11.7 Å². The summed E-state index contributed by atoms with van der Waals surface area (Å²) in [4.78, 5) is 0. The molecule has 0 bridgehead atoms. The highest BCUT2D eigenvalue weighted by atomic mass is 35.5. The molecule has 0 aliphatic rings. The number of rotatable bonds is 3. The maximum absolute atomic E-state index is 6.00. The van der Waals surface area contributed by atoms with Crippen LogP contribution in [0.2, 0.25) is 5.02 Å². The molecular weight excluding hydrogens is 246 g/mol. The van der Waals surface area contributed by atoms with Gasteiger partial charge in [0, 0.05) is 10.7 Å². The third-order valence-electron chi connectivity index (χ3n) is 2.09. The van der Waals surface area contributed by atoms with Crippen LogP contribution >= 0.6 is 23.4 Å². The van der Waals surface area contributed by atoms with Crippen LogP contribution in [0, 0.1) is 6.92 Å². The molecule has 0 saturated carbocycles. The second kappa shape index (κ2) is 4.76. The largest absolute Gasteiger partial charge is 0.398 e. The molecule has 0 aliphatic heterocycles. The van der Waals surface area contributed by atoms with Crippen molar-refractivity contribution in [3.8, 4) is 0 Å². The maximum atomic E-state index is 6.00. The average Bonchev–Trinajstić information content (AvgIpc) is 2.73. The Morgan fingerprint density at radius 3 is 2.88 bits per heavy atom. The summed E-state index contributed by atoms with van der Waals surface area (Å²) < 4.78 is 5.32. The summed E-state index contributed by atoms with van der Waals surface area (Å²) in [6.07, 6.45) is 1.88. The van der Waals surface area contributed by atoms with Crippen molar-refractivity contribution in [1.82, 2.24) is 10.2 Å². The van der Waals surface area contributed by atoms with E-state index in [2.05, 4.69) is 15.5 Å². The number of nitrogens with one attached hydrogen (secondary N) is 1. The van der Waals surface area contributed by atoms with Crippen molar-refractivity contribution in [3.63, 3.8) is 0 Å². The predicted octanol–water partition coefficient (Wildman–Crippen LogP) is 3.50. The van der Waals surface area contributed by atoms with E-state index in [9.17, 15) is 0 Å². The fourth-order valence-corrected chi connectivity index (χ4v) is 1.66. The highest BCUT2D eigenvalue weighted by molar-refractivity contribution is 7.98. The standard InChI is InChI=1S/C10H10ClN3OS/c1-6-7(11)4-3-5-8(6)12-9-13-14-10(15-9)16-2/h3-5H,1-2H3,(H,12,13). The highest BCUT2D eigenvalue weighted by Crippen LogP contribution is 2.26. The van der Waals surface area contributed by atoms with Gasteiger partial charge in [0.25, 0.3) is 5.22 Å². The average molecular weight is 256 g/mol. The van der Waals surface area contributed by atoms with Crippen molar-refractivity contribution in [1.29, 1.82) is 0 Å². The Labute approximate surface area is 102 Å². The molecule has 4 nitrogen and oxygen atoms in total. The minimum atomic E-state index is 0.370. The van der Waals surface area contributed by atoms with E-state index in [0.717, 1.165) is 11.3 Å². The summed E-state index contributed by atoms with van der Waals surface area (Å²) in [5.74, 6) is 0. The number of hydrogen-bond acceptors (Lipinski definition) is 5. The van der Waals surface area contributed by atoms with Gasteiger partial charge in [-0.25, -0.2) is 0 Å². The summed E-state index contributed by atoms with van der Waals surface area (Å²) in [7, 11) is 0. The molecule has 2 rings (SSSR count). The van der Waals surface area contributed by atoms with Crippen LogP contribution in [-0.4, -0.2) is 16.5 Å². The minimum absolute atomic E-state index is 0.370. The van der Waals surface area contributed by atoms with Crippen molar-refractivity contribution >= 4 is 35.1 Å². The van der Waals surface area contributed by atoms with Crippen LogP contribution in [0.25, 0.3) is 0 Å². The van der Waals surface area contributed by atoms with Crippen molar-refractivity contribution in [2.75, 3.05) is 11.6 Å². The summed E-state index contributed by atoms with van der Waals surface area (Å²) in [6.45, 7) is 1.93. The number of hydrogen-bond donors (Lipinski definition) is 1. The third kappa shape index (κ3) is 2.31. The first kappa shape index (κ1) is 11.3. The first-order valence-corrected chi connectivity index (χ1v) is 6.20. The maximum Gasteiger partial charge on any atom is 0.320 e. The van der Waals surface area contributed by atoms with Crippen LogP contribution in [0.1, 0.15) is 5.56 Å². The lowest BCUT2D eigenvalue weighted by Crippen LogP contribution is -1.93. The molecule has 1 N–H and O–H groups in total. The van der Waals surface area contributed by atoms with Gasteiger partial charge in [-0.1, -0.05) is 39.6 Å². The van der Waals surface area contributed by atoms with Crippen molar-refractivity contribution in [2.24, 2.45) is 0 Å². The zero-order valence-electron chi connectivity index (χ0n) is 8.82. The predicted molar refractivity (Wildman–Crippen MR) is 65.6 cm³/mol. The molecule has 0 radical (unpaired) electrons. The Morgan fingerprint density at radius 2 is 2.19 bits per heavy atom. The van der Waals surface area contributed by atoms with Crippen LogP contribution < -0.4 is 5.32 Å². The van der Waals surface area contributed by atoms with Crippen LogP contribution in [0.5, 0.6) is 0 Å². The van der Waals surface area contributed by atoms with E-state index in [-0.39, 0.29) is 0 Å². The molecule has 1 heterocycles. The van der Waals surface area contributed by atoms with Crippen LogP contribution in [0.3, 0.4) is 0 Å². The second-order valence-electron chi connectivity index (χ2n) is 3.11. The van der Waals surface area contributed by atoms with Gasteiger partial charge in [-0.05, 0) is 30.9 Å². The molecule has 2 aromatic rings. The zero-order valence-corrected chi connectivity index (χ0v) is 10.4. The topological polar surface area (TPSA) is 51.0 Å². The third-order valence-corrected chi connectivity index (χ3v) is 3.01. The van der Waals surface area contributed by atoms with Gasteiger partial charge in [0.1, 0.15) is 0 Å². The van der Waals surface area contributed by atoms with E-state index in [1.165, 1.54) is 11.8 Å². The summed E-state index contributed by atoms with van der Waals surface area (Å²) in [5, 5.41) is 12.0. The number of halogens is 1. The van der Waals surface area contributed by atoms with Gasteiger partial charge >= 0.3 is 6.01 Å². The van der Waals surface area contributed by atoms with Gasteiger partial charge in [0.2, 0.25) is 0 Å². The minimum Gasteiger partial charge on any atom is -0.398 e. The number of anilines is 2. The lowest BCUT2D eigenvalue weighted by atomic mass is 10.2. The Morgan fingerprint density at radius 1 is 1.38 bits per heavy atom. The molecule has 0 unspecified atom stereocenters. The second-order valence-corrected chi connectivity index (χ2v) is 4.28. The summed E-state index contributed by atoms with van der Waals surface area (Å²) in [5.41, 5.74) is 1.82. The van der Waals surface area contributed by atoms with Crippen molar-refractivity contribution < 1.29 is 4.42 Å². The number of aromatic nitrogens is 2. The van der Waals surface area contributed by atoms with E-state index < -0.39 is 0 Å². The Kier molecular flexibility index (Phi) is 3.36. The van der Waals surface area contributed by atoms with E-state index in [0.29, 0.717) is 16.3 Å². The molecule has 0 fully saturated rings. The van der Waals surface area contributed by atoms with Gasteiger partial charge in [-0.2, -0.15) is 0 Å². The van der Waals surface area contributed by atoms with E-state index in [4.69, 9.17) is 16.0 Å². The summed E-state index contributed by atoms with van der Waals surface area (Å²) >= 11 is 7.40. The van der Waals surface area contributed by atoms with E-state index >= 15 is 0 Å². The zero-order chi connectivity index (χ0) is 11.5. The van der Waals surface area contributed by atoms with Gasteiger partial charge in [-0.3, -0.25) is 0 Å². The van der Waals surface area contributed by atoms with Crippen LogP contribution in [0.15, 0.2) is 27.8 Å². The molecule has 0 spiro atoms. The van der Waals surface area contributed by atoms with E-state index in [1.54, 1.807) is 0 Å². The SMILES string of the molecule is CSc1nnc(Nc2cccc(Cl)c2C)o1. The Bertz CT molecular complexity index is 501. The van der Waals surface area contributed by atoms with Gasteiger partial charge in [0.15, 0.2) is 0 Å². The van der Waals surface area contributed by atoms with Gasteiger partial charge < -0.3 is 9.73 Å². The number of nitrogens with zero attached hydrogens (tertiary/aromatic N) is 2. The molecule has 0 aliphatic carbocycles. The number of benzene rings is 1. The smallest absolute Gasteiger partial charge is 0.320 e. The Hall–Kier alpha value is -1.20. The monoisotopic (exact) mass is 255 g/mol. The lowest BCUT2D eigenvalue weighted by Gasteiger charge is -2.06. The number of thioether (sulfide) groups is 1. The molecule has 1 aromatic carbocycles. The van der Waals surface area contributed by atoms with Crippen molar-refractivity contribution in [3.05, 3.63) is 28.8 Å². The summed E-state index contributed by atoms with van der Waals surface area (Å²) in [6, 6.07) is 5.98. The van der Waals surface area contributed by atoms with Crippen LogP contribution in [-0.2, 0) is 0 Å². The molecule has 0 saturated heterocycles.